The van der Waals surface area contributed by atoms with Gasteiger partial charge in [-0.25, -0.2) is 9.16 Å². The van der Waals surface area contributed by atoms with Crippen LogP contribution >= 0.6 is 0 Å². The molecule has 14 heavy (non-hydrogen) atoms. The van der Waals surface area contributed by atoms with Crippen LogP contribution in [0.1, 0.15) is 5.56 Å². The minimum Gasteiger partial charge on any atom is -0.855 e. The zero-order chi connectivity index (χ0) is 10.8. The maximum atomic E-state index is 11.6. The van der Waals surface area contributed by atoms with Crippen LogP contribution < -0.4 is 9.67 Å². The zero-order valence-corrected chi connectivity index (χ0v) is 9.06. The molecule has 0 bridgehead atoms. The van der Waals surface area contributed by atoms with Gasteiger partial charge in [0.05, 0.1) is 27.0 Å². The van der Waals surface area contributed by atoms with E-state index in [4.69, 9.17) is 0 Å². The van der Waals surface area contributed by atoms with Gasteiger partial charge in [0.15, 0.2) is 12.4 Å². The number of nitrogens with zero attached hydrogens (tertiary/aromatic N) is 3. The van der Waals surface area contributed by atoms with E-state index in [-0.39, 0.29) is 5.90 Å². The van der Waals surface area contributed by atoms with E-state index in [0.29, 0.717) is 10.2 Å². The molecule has 0 unspecified atom stereocenters. The number of quaternary nitrogens is 1. The van der Waals surface area contributed by atoms with Crippen molar-refractivity contribution in [2.75, 3.05) is 21.1 Å². The van der Waals surface area contributed by atoms with E-state index in [1.807, 2.05) is 45.2 Å². The average molecular weight is 194 g/mol. The van der Waals surface area contributed by atoms with Crippen LogP contribution in [-0.4, -0.2) is 31.6 Å². The lowest BCUT2D eigenvalue weighted by Gasteiger charge is -2.19. The highest BCUT2D eigenvalue weighted by Crippen LogP contribution is 1.98. The highest BCUT2D eigenvalue weighted by molar-refractivity contribution is 5.89. The Hall–Kier alpha value is -1.42. The predicted octanol–water partition coefficient (Wildman–Crippen LogP) is -0.761. The zero-order valence-electron chi connectivity index (χ0n) is 9.06. The van der Waals surface area contributed by atoms with Gasteiger partial charge in [0.25, 0.3) is 0 Å². The summed E-state index contributed by atoms with van der Waals surface area (Å²) in [5, 5.41) is 15.6. The fraction of sp³-hybridized carbons (Fsp3) is 0.400. The topological polar surface area (TPSA) is 39.3 Å². The summed E-state index contributed by atoms with van der Waals surface area (Å²) in [6, 6.07) is 3.53. The van der Waals surface area contributed by atoms with Crippen LogP contribution in [0.25, 0.3) is 0 Å². The van der Waals surface area contributed by atoms with E-state index >= 15 is 0 Å². The molecule has 0 saturated carbocycles. The number of hydrogen-bond donors (Lipinski definition) is 0. The second-order valence-corrected chi connectivity index (χ2v) is 4.10. The summed E-state index contributed by atoms with van der Waals surface area (Å²) in [6.07, 6.45) is 3.66. The summed E-state index contributed by atoms with van der Waals surface area (Å²) in [4.78, 5) is 0. The molecule has 0 atom stereocenters. The molecule has 0 amide bonds. The van der Waals surface area contributed by atoms with Crippen molar-refractivity contribution in [1.29, 1.82) is 0 Å². The summed E-state index contributed by atoms with van der Waals surface area (Å²) in [6.45, 7) is 0. The third-order valence-electron chi connectivity index (χ3n) is 1.62. The van der Waals surface area contributed by atoms with Gasteiger partial charge in [0, 0.05) is 17.7 Å². The molecule has 0 radical (unpaired) electrons. The first kappa shape index (κ1) is 10.7. The largest absolute Gasteiger partial charge is 0.855 e. The van der Waals surface area contributed by atoms with Gasteiger partial charge in [-0.2, -0.15) is 0 Å². The molecule has 0 N–H and O–H groups in total. The lowest BCUT2D eigenvalue weighted by atomic mass is 10.3. The third kappa shape index (κ3) is 3.14. The van der Waals surface area contributed by atoms with Crippen LogP contribution in [-0.2, 0) is 7.05 Å². The van der Waals surface area contributed by atoms with Crippen molar-refractivity contribution in [3.05, 3.63) is 30.1 Å². The van der Waals surface area contributed by atoms with Gasteiger partial charge >= 0.3 is 0 Å². The van der Waals surface area contributed by atoms with E-state index in [1.54, 1.807) is 12.1 Å². The van der Waals surface area contributed by atoms with Gasteiger partial charge in [0.1, 0.15) is 7.05 Å². The van der Waals surface area contributed by atoms with Gasteiger partial charge in [-0.1, -0.05) is 5.10 Å². The lowest BCUT2D eigenvalue weighted by Crippen LogP contribution is -2.34. The number of rotatable bonds is 2. The predicted molar refractivity (Wildman–Crippen MR) is 52.2 cm³/mol. The first-order valence-corrected chi connectivity index (χ1v) is 4.43. The minimum absolute atomic E-state index is 0.182. The average Bonchev–Trinajstić information content (AvgIpc) is 2.02. The molecular weight excluding hydrogens is 178 g/mol. The number of hydrogen-bond acceptors (Lipinski definition) is 2. The lowest BCUT2D eigenvalue weighted by molar-refractivity contribution is -0.878. The van der Waals surface area contributed by atoms with Crippen molar-refractivity contribution in [3.63, 3.8) is 0 Å². The van der Waals surface area contributed by atoms with Gasteiger partial charge in [0.2, 0.25) is 0 Å². The summed E-state index contributed by atoms with van der Waals surface area (Å²) in [5.41, 5.74) is 0.621. The molecule has 0 aliphatic carbocycles. The van der Waals surface area contributed by atoms with Gasteiger partial charge in [-0.15, -0.1) is 0 Å². The minimum atomic E-state index is -0.182. The van der Waals surface area contributed by atoms with Crippen LogP contribution in [0.5, 0.6) is 0 Å². The van der Waals surface area contributed by atoms with Crippen LogP contribution in [0.4, 0.5) is 0 Å². The van der Waals surface area contributed by atoms with Crippen molar-refractivity contribution in [1.82, 2.24) is 0 Å². The monoisotopic (exact) mass is 194 g/mol. The van der Waals surface area contributed by atoms with Gasteiger partial charge < -0.3 is 5.11 Å². The van der Waals surface area contributed by atoms with Crippen molar-refractivity contribution in [2.45, 2.75) is 0 Å². The molecule has 0 fully saturated rings. The van der Waals surface area contributed by atoms with E-state index in [9.17, 15) is 5.11 Å². The molecule has 4 heteroatoms. The molecule has 0 aliphatic heterocycles. The molecule has 0 spiro atoms. The molecule has 1 aromatic rings. The molecular formula is C10H16N3O+. The molecule has 1 aromatic heterocycles. The molecule has 76 valence electrons. The Labute approximate surface area is 84.3 Å². The summed E-state index contributed by atoms with van der Waals surface area (Å²) in [5.74, 6) is -0.182. The SMILES string of the molecule is C[n+]1ccc(/C([O-])=N\[N+](C)(C)C)cc1. The van der Waals surface area contributed by atoms with Crippen molar-refractivity contribution >= 4 is 5.90 Å². The highest BCUT2D eigenvalue weighted by atomic mass is 16.3. The van der Waals surface area contributed by atoms with Crippen LogP contribution in [0, 0.1) is 0 Å². The smallest absolute Gasteiger partial charge is 0.169 e. The van der Waals surface area contributed by atoms with Gasteiger partial charge in [-0.05, 0) is 0 Å². The molecule has 0 saturated heterocycles. The van der Waals surface area contributed by atoms with E-state index in [2.05, 4.69) is 5.10 Å². The first-order valence-electron chi connectivity index (χ1n) is 4.43. The quantitative estimate of drug-likeness (QED) is 0.200. The van der Waals surface area contributed by atoms with Crippen LogP contribution in [0.15, 0.2) is 29.6 Å². The summed E-state index contributed by atoms with van der Waals surface area (Å²) >= 11 is 0. The fourth-order valence-corrected chi connectivity index (χ4v) is 0.974. The normalized spacial score (nSPS) is 13.0. The molecule has 0 aromatic carbocycles. The van der Waals surface area contributed by atoms with Crippen molar-refractivity contribution < 1.29 is 14.3 Å². The molecule has 1 rings (SSSR count). The third-order valence-corrected chi connectivity index (χ3v) is 1.62. The number of aryl methyl sites for hydroxylation is 1. The Morgan fingerprint density at radius 3 is 2.21 bits per heavy atom. The molecule has 1 heterocycles. The highest BCUT2D eigenvalue weighted by Gasteiger charge is 2.04. The molecule has 0 aliphatic rings. The Bertz CT molecular complexity index is 335. The Morgan fingerprint density at radius 2 is 1.79 bits per heavy atom. The fourth-order valence-electron chi connectivity index (χ4n) is 0.974. The van der Waals surface area contributed by atoms with Crippen molar-refractivity contribution in [3.8, 4) is 0 Å². The Balaban J connectivity index is 2.95. The Morgan fingerprint density at radius 1 is 1.29 bits per heavy atom. The Kier molecular flexibility index (Phi) is 2.86. The number of pyridine rings is 1. The molecule has 4 nitrogen and oxygen atoms in total. The maximum Gasteiger partial charge on any atom is 0.169 e. The van der Waals surface area contributed by atoms with E-state index < -0.39 is 0 Å². The van der Waals surface area contributed by atoms with E-state index in [0.717, 1.165) is 0 Å². The summed E-state index contributed by atoms with van der Waals surface area (Å²) in [7, 11) is 7.45. The maximum absolute atomic E-state index is 11.6. The van der Waals surface area contributed by atoms with E-state index in [1.165, 1.54) is 0 Å². The standard InChI is InChI=1S/C10H16N3O/c1-12-7-5-9(6-8-12)10(14)11-13(2,3)4/h5-8H,1-4H3/q+1. The van der Waals surface area contributed by atoms with Gasteiger partial charge in [-0.3, -0.25) is 0 Å². The second kappa shape index (κ2) is 3.75. The first-order chi connectivity index (χ1) is 6.38. The van der Waals surface area contributed by atoms with Crippen LogP contribution in [0.3, 0.4) is 0 Å². The summed E-state index contributed by atoms with van der Waals surface area (Å²) < 4.78 is 2.17. The second-order valence-electron chi connectivity index (χ2n) is 4.10. The van der Waals surface area contributed by atoms with Crippen molar-refractivity contribution in [2.24, 2.45) is 12.1 Å². The van der Waals surface area contributed by atoms with Crippen LogP contribution in [0.2, 0.25) is 0 Å². The number of aromatic nitrogens is 1.